The Morgan fingerprint density at radius 3 is 1.37 bits per heavy atom. The third-order valence-electron chi connectivity index (χ3n) is 11.4. The minimum absolute atomic E-state index is 0.375. The minimum atomic E-state index is -5.86. The van der Waals surface area contributed by atoms with Gasteiger partial charge >= 0.3 is 334 Å². The van der Waals surface area contributed by atoms with E-state index in [0.29, 0.717) is 24.7 Å². The molecule has 54 heavy (non-hydrogen) atoms. The van der Waals surface area contributed by atoms with Crippen LogP contribution in [0.2, 0.25) is 0 Å². The molecule has 0 bridgehead atoms. The molecule has 2 atom stereocenters. The SMILES string of the molecule is CCCC1=Cc2c(-c3ccccc3CC(C)C)cccc2[CH]1[Zr]([Cl])([Cl])([B](NC=O)NC=O)[CH]1C(CCC)=Cc2c(-c3ccccc3CC(C)C)cccc21. The number of hydrogen-bond acceptors (Lipinski definition) is 2. The molecule has 4 aromatic rings. The number of fused-ring (bicyclic) bond motifs is 2. The topological polar surface area (TPSA) is 58.2 Å². The molecule has 2 amide bonds. The average Bonchev–Trinajstić information content (AvgIpc) is 3.71. The van der Waals surface area contributed by atoms with Gasteiger partial charge in [0.1, 0.15) is 0 Å². The van der Waals surface area contributed by atoms with Crippen molar-refractivity contribution in [2.45, 2.75) is 87.3 Å². The summed E-state index contributed by atoms with van der Waals surface area (Å²) in [5.74, 6) is 0.996. The first-order chi connectivity index (χ1) is 26.0. The Bertz CT molecular complexity index is 1950. The summed E-state index contributed by atoms with van der Waals surface area (Å²) in [5.41, 5.74) is 14.1. The van der Waals surface area contributed by atoms with Crippen LogP contribution in [0.15, 0.2) is 96.1 Å². The van der Waals surface area contributed by atoms with Gasteiger partial charge in [0, 0.05) is 0 Å². The third-order valence-corrected chi connectivity index (χ3v) is 31.4. The number of hydrogen-bond donors (Lipinski definition) is 2. The summed E-state index contributed by atoms with van der Waals surface area (Å²) in [6.45, 7) is 13.4. The quantitative estimate of drug-likeness (QED) is 0.0822. The van der Waals surface area contributed by atoms with Gasteiger partial charge in [-0.3, -0.25) is 0 Å². The van der Waals surface area contributed by atoms with E-state index in [2.05, 4.69) is 149 Å². The fourth-order valence-corrected chi connectivity index (χ4v) is 30.2. The first-order valence-electron chi connectivity index (χ1n) is 19.8. The molecule has 0 heterocycles. The van der Waals surface area contributed by atoms with Crippen LogP contribution in [-0.4, -0.2) is 17.3 Å². The van der Waals surface area contributed by atoms with Crippen molar-refractivity contribution < 1.29 is 25.8 Å². The first-order valence-corrected chi connectivity index (χ1v) is 30.4. The van der Waals surface area contributed by atoms with Crippen molar-refractivity contribution in [2.24, 2.45) is 11.8 Å². The molecular formula is C46H54BCl2N2O2Zr. The zero-order valence-electron chi connectivity index (χ0n) is 32.6. The van der Waals surface area contributed by atoms with Gasteiger partial charge in [-0.15, -0.1) is 0 Å². The van der Waals surface area contributed by atoms with Crippen molar-refractivity contribution in [3.05, 3.63) is 129 Å². The van der Waals surface area contributed by atoms with Crippen molar-refractivity contribution in [1.29, 1.82) is 0 Å². The monoisotopic (exact) mass is 837 g/mol. The van der Waals surface area contributed by atoms with Crippen LogP contribution in [-0.2, 0) is 38.6 Å². The number of carbonyl (C=O) groups excluding carboxylic acids is 2. The Labute approximate surface area is 331 Å². The van der Waals surface area contributed by atoms with E-state index in [1.54, 1.807) is 0 Å². The van der Waals surface area contributed by atoms with Crippen LogP contribution in [0.25, 0.3) is 34.4 Å². The van der Waals surface area contributed by atoms with E-state index in [1.165, 1.54) is 33.4 Å². The molecule has 0 spiro atoms. The molecule has 0 saturated heterocycles. The van der Waals surface area contributed by atoms with Gasteiger partial charge in [-0.1, -0.05) is 0 Å². The normalized spacial score (nSPS) is 17.0. The number of allylic oxidation sites excluding steroid dienone is 2. The fraction of sp³-hybridized carbons (Fsp3) is 0.348. The van der Waals surface area contributed by atoms with Crippen LogP contribution in [0.3, 0.4) is 0 Å². The maximum absolute atomic E-state index is 12.6. The van der Waals surface area contributed by atoms with Gasteiger partial charge in [-0.05, 0) is 0 Å². The molecule has 2 unspecified atom stereocenters. The Morgan fingerprint density at radius 1 is 0.611 bits per heavy atom. The van der Waals surface area contributed by atoms with E-state index in [9.17, 15) is 9.59 Å². The molecule has 0 aliphatic heterocycles. The van der Waals surface area contributed by atoms with E-state index >= 15 is 0 Å². The van der Waals surface area contributed by atoms with Gasteiger partial charge in [0.05, 0.1) is 0 Å². The molecule has 2 aliphatic carbocycles. The molecule has 4 nitrogen and oxygen atoms in total. The summed E-state index contributed by atoms with van der Waals surface area (Å²) in [7, 11) is 17.4. The molecular weight excluding hydrogens is 785 g/mol. The molecule has 281 valence electrons. The van der Waals surface area contributed by atoms with Crippen LogP contribution < -0.4 is 10.5 Å². The summed E-state index contributed by atoms with van der Waals surface area (Å²) in [5, 5.41) is 6.02. The summed E-state index contributed by atoms with van der Waals surface area (Å²) in [6, 6.07) is 30.4. The zero-order valence-corrected chi connectivity index (χ0v) is 36.6. The summed E-state index contributed by atoms with van der Waals surface area (Å²) in [6.07, 6.45) is 11.3. The van der Waals surface area contributed by atoms with Crippen LogP contribution in [0.4, 0.5) is 0 Å². The van der Waals surface area contributed by atoms with Gasteiger partial charge in [-0.25, -0.2) is 0 Å². The Hall–Kier alpha value is -3.17. The number of halogens is 2. The van der Waals surface area contributed by atoms with Crippen molar-refractivity contribution in [3.8, 4) is 22.3 Å². The third kappa shape index (κ3) is 7.40. The first kappa shape index (κ1) is 40.5. The van der Waals surface area contributed by atoms with Crippen molar-refractivity contribution in [3.63, 3.8) is 0 Å². The molecule has 4 aromatic carbocycles. The zero-order chi connectivity index (χ0) is 38.6. The van der Waals surface area contributed by atoms with Gasteiger partial charge in [0.25, 0.3) is 0 Å². The standard InChI is InChI=1S/2C22H25.C2H3BN2O2.2ClH.Zr/c2*1-4-8-17-14-19-10-7-12-21(22(19)15-17)20-11-6-5-9-18(20)13-16(2)3;6-1-4-3-5-2-7;;;/h2*5-7,9-12,14-16H,4,8,13H2,1-3H3;1-2H,(H-,4,5,6,7);2*1H;/q;;;;;+1/p-1. The average molecular weight is 840 g/mol. The predicted molar refractivity (Wildman–Crippen MR) is 228 cm³/mol. The second-order valence-corrected chi connectivity index (χ2v) is 37.6. The van der Waals surface area contributed by atoms with Crippen molar-refractivity contribution in [1.82, 2.24) is 10.5 Å². The molecule has 6 rings (SSSR count). The summed E-state index contributed by atoms with van der Waals surface area (Å²) >= 11 is -5.86. The van der Waals surface area contributed by atoms with Crippen LogP contribution in [0.5, 0.6) is 0 Å². The van der Waals surface area contributed by atoms with Crippen molar-refractivity contribution >= 4 is 46.5 Å². The van der Waals surface area contributed by atoms with E-state index in [0.717, 1.165) is 71.9 Å². The van der Waals surface area contributed by atoms with Crippen LogP contribution in [0.1, 0.15) is 108 Å². The number of benzene rings is 4. The molecule has 0 aromatic heterocycles. The van der Waals surface area contributed by atoms with E-state index < -0.39 is 20.7 Å². The van der Waals surface area contributed by atoms with Crippen molar-refractivity contribution in [2.75, 3.05) is 0 Å². The molecule has 2 aliphatic rings. The number of nitrogens with one attached hydrogen (secondary N) is 2. The van der Waals surface area contributed by atoms with Gasteiger partial charge in [0.2, 0.25) is 0 Å². The molecule has 0 radical (unpaired) electrons. The molecule has 8 heteroatoms. The van der Waals surface area contributed by atoms with E-state index in [4.69, 9.17) is 17.0 Å². The van der Waals surface area contributed by atoms with Crippen LogP contribution >= 0.6 is 17.0 Å². The number of amides is 2. The fourth-order valence-electron chi connectivity index (χ4n) is 9.52. The van der Waals surface area contributed by atoms with Gasteiger partial charge in [-0.2, -0.15) is 0 Å². The van der Waals surface area contributed by atoms with Gasteiger partial charge < -0.3 is 0 Å². The predicted octanol–water partition coefficient (Wildman–Crippen LogP) is 12.1. The number of rotatable bonds is 17. The Balaban J connectivity index is 1.65. The van der Waals surface area contributed by atoms with E-state index in [1.807, 2.05) is 0 Å². The number of carbonyl (C=O) groups is 2. The van der Waals surface area contributed by atoms with Gasteiger partial charge in [0.15, 0.2) is 0 Å². The molecule has 0 saturated carbocycles. The maximum atomic E-state index is 12.6. The van der Waals surface area contributed by atoms with E-state index in [-0.39, 0.29) is 7.25 Å². The summed E-state index contributed by atoms with van der Waals surface area (Å²) < 4.78 is -1.69. The molecule has 2 N–H and O–H groups in total. The molecule has 0 fully saturated rings. The second kappa shape index (κ2) is 16.9. The summed E-state index contributed by atoms with van der Waals surface area (Å²) in [4.78, 5) is 25.1. The second-order valence-electron chi connectivity index (χ2n) is 16.2. The Morgan fingerprint density at radius 2 is 1.00 bits per heavy atom. The Kier molecular flexibility index (Phi) is 12.7. The van der Waals surface area contributed by atoms with Crippen LogP contribution in [0, 0.1) is 11.8 Å².